The first-order valence-electron chi connectivity index (χ1n) is 16.2. The second kappa shape index (κ2) is 14.8. The third kappa shape index (κ3) is 7.05. The van der Waals surface area contributed by atoms with Gasteiger partial charge in [0.1, 0.15) is 0 Å². The molecule has 0 bridgehead atoms. The summed E-state index contributed by atoms with van der Waals surface area (Å²) in [5.41, 5.74) is 11.4. The molecule has 8 rings (SSSR count). The quantitative estimate of drug-likeness (QED) is 0.162. The molecule has 4 heteroatoms. The second-order valence-electron chi connectivity index (χ2n) is 12.6. The Labute approximate surface area is 306 Å². The molecule has 0 spiro atoms. The molecule has 0 aliphatic carbocycles. The molecule has 0 aliphatic rings. The summed E-state index contributed by atoms with van der Waals surface area (Å²) in [5, 5.41) is 2.65. The van der Waals surface area contributed by atoms with Crippen molar-refractivity contribution in [3.8, 4) is 33.6 Å². The topological polar surface area (TPSA) is 25.8 Å². The number of aryl methyl sites for hydroxylation is 2. The van der Waals surface area contributed by atoms with Crippen molar-refractivity contribution in [1.82, 2.24) is 9.97 Å². The van der Waals surface area contributed by atoms with Gasteiger partial charge in [-0.25, -0.2) is 0 Å². The number of rotatable bonds is 5. The number of hydrogen-bond acceptors (Lipinski definition) is 3. The molecule has 0 saturated carbocycles. The zero-order chi connectivity index (χ0) is 33.1. The van der Waals surface area contributed by atoms with Crippen LogP contribution < -0.4 is 0 Å². The van der Waals surface area contributed by atoms with Crippen molar-refractivity contribution in [3.05, 3.63) is 180 Å². The van der Waals surface area contributed by atoms with Crippen molar-refractivity contribution >= 4 is 31.5 Å². The summed E-state index contributed by atoms with van der Waals surface area (Å²) < 4.78 is 2.58. The average molecular weight is 829 g/mol. The maximum Gasteiger partial charge on any atom is 0.0239 e. The second-order valence-corrected chi connectivity index (χ2v) is 13.6. The molecule has 49 heavy (non-hydrogen) atoms. The number of benzene rings is 5. The van der Waals surface area contributed by atoms with Crippen LogP contribution in [0, 0.1) is 26.0 Å². The number of thiophene rings is 1. The third-order valence-electron chi connectivity index (χ3n) is 9.06. The van der Waals surface area contributed by atoms with Gasteiger partial charge >= 0.3 is 0 Å². The molecule has 5 aromatic carbocycles. The molecular weight excluding hydrogens is 793 g/mol. The Hall–Kier alpha value is -4.73. The molecule has 0 unspecified atom stereocenters. The first-order chi connectivity index (χ1) is 23.4. The van der Waals surface area contributed by atoms with Crippen LogP contribution in [0.3, 0.4) is 0 Å². The molecule has 243 valence electrons. The van der Waals surface area contributed by atoms with Gasteiger partial charge in [0.25, 0.3) is 0 Å². The minimum Gasteiger partial charge on any atom is -0.305 e. The predicted octanol–water partition coefficient (Wildman–Crippen LogP) is 12.1. The summed E-state index contributed by atoms with van der Waals surface area (Å²) in [4.78, 5) is 9.25. The molecule has 0 fully saturated rings. The minimum absolute atomic E-state index is 0. The Balaban J connectivity index is 0.000000181. The minimum atomic E-state index is -0.0943. The van der Waals surface area contributed by atoms with Crippen molar-refractivity contribution in [1.29, 1.82) is 0 Å². The number of hydrogen-bond donors (Lipinski definition) is 0. The van der Waals surface area contributed by atoms with Crippen LogP contribution in [0.5, 0.6) is 0 Å². The van der Waals surface area contributed by atoms with Crippen molar-refractivity contribution in [3.63, 3.8) is 0 Å². The first-order valence-corrected chi connectivity index (χ1v) is 17.1. The smallest absolute Gasteiger partial charge is 0.0239 e. The summed E-state index contributed by atoms with van der Waals surface area (Å²) >= 11 is 1.84. The molecular formula is C45H36IrN2S-2. The number of fused-ring (bicyclic) bond motifs is 3. The standard InChI is InChI=1S/C27H22NS.C18H14N.Ir/c1-18-13-14-21(26-25(18)22-11-7-8-12-24(22)29-26)23-17-20(15-16-28-23)27(2,3)19-9-5-4-6-10-19;1-14-13-19-18(16-10-6-3-7-11-16)12-17(14)15-8-4-2-5-9-15;/h4-13,15-17H,1-3H3;2-10,12-13H,1H3;/q2*-1;. The van der Waals surface area contributed by atoms with Crippen LogP contribution in [-0.2, 0) is 25.5 Å². The van der Waals surface area contributed by atoms with E-state index in [9.17, 15) is 0 Å². The number of nitrogens with zero attached hydrogens (tertiary/aromatic N) is 2. The fourth-order valence-electron chi connectivity index (χ4n) is 6.25. The number of pyridine rings is 2. The molecule has 0 saturated heterocycles. The van der Waals surface area contributed by atoms with Gasteiger partial charge in [0.2, 0.25) is 0 Å². The average Bonchev–Trinajstić information content (AvgIpc) is 3.54. The molecule has 1 radical (unpaired) electrons. The van der Waals surface area contributed by atoms with Crippen molar-refractivity contribution in [2.45, 2.75) is 33.1 Å². The maximum atomic E-state index is 4.74. The molecule has 2 nitrogen and oxygen atoms in total. The zero-order valence-electron chi connectivity index (χ0n) is 28.0. The number of aromatic nitrogens is 2. The molecule has 0 atom stereocenters. The maximum absolute atomic E-state index is 4.74. The fraction of sp³-hybridized carbons (Fsp3) is 0.111. The Morgan fingerprint density at radius 1 is 0.653 bits per heavy atom. The monoisotopic (exact) mass is 829 g/mol. The van der Waals surface area contributed by atoms with E-state index in [-0.39, 0.29) is 25.5 Å². The van der Waals surface area contributed by atoms with Gasteiger partial charge in [-0.15, -0.1) is 59.2 Å². The SMILES string of the molecule is Cc1c[c-]c(-c2cc(C(C)(C)c3ccccc3)ccn2)c2sc3ccccc3c12.Cc1cnc(-c2[c-]cccc2)cc1-c1ccccc1.[Ir]. The third-order valence-corrected chi connectivity index (χ3v) is 10.2. The van der Waals surface area contributed by atoms with Crippen molar-refractivity contribution in [2.75, 3.05) is 0 Å². The van der Waals surface area contributed by atoms with Gasteiger partial charge in [0.15, 0.2) is 0 Å². The predicted molar refractivity (Wildman–Crippen MR) is 203 cm³/mol. The molecule has 0 N–H and O–H groups in total. The van der Waals surface area contributed by atoms with E-state index in [0.29, 0.717) is 0 Å². The van der Waals surface area contributed by atoms with Gasteiger partial charge in [0, 0.05) is 42.6 Å². The van der Waals surface area contributed by atoms with Crippen molar-refractivity contribution < 1.29 is 20.1 Å². The van der Waals surface area contributed by atoms with Crippen LogP contribution in [0.15, 0.2) is 146 Å². The summed E-state index contributed by atoms with van der Waals surface area (Å²) in [7, 11) is 0. The first kappa shape index (κ1) is 34.1. The molecule has 8 aromatic rings. The summed E-state index contributed by atoms with van der Waals surface area (Å²) in [5.74, 6) is 0. The largest absolute Gasteiger partial charge is 0.305 e. The normalized spacial score (nSPS) is 11.1. The Morgan fingerprint density at radius 3 is 2.12 bits per heavy atom. The Bertz CT molecular complexity index is 2330. The molecule has 0 aliphatic heterocycles. The van der Waals surface area contributed by atoms with Crippen LogP contribution in [0.1, 0.15) is 36.1 Å². The van der Waals surface area contributed by atoms with Gasteiger partial charge < -0.3 is 9.97 Å². The summed E-state index contributed by atoms with van der Waals surface area (Å²) in [6.45, 7) is 8.81. The van der Waals surface area contributed by atoms with Gasteiger partial charge in [-0.2, -0.15) is 11.3 Å². The Kier molecular flexibility index (Phi) is 10.3. The van der Waals surface area contributed by atoms with Gasteiger partial charge in [-0.3, -0.25) is 0 Å². The van der Waals surface area contributed by atoms with E-state index in [1.807, 2.05) is 54.1 Å². The summed E-state index contributed by atoms with van der Waals surface area (Å²) in [6.07, 6.45) is 3.86. The van der Waals surface area contributed by atoms with E-state index in [0.717, 1.165) is 22.5 Å². The van der Waals surface area contributed by atoms with E-state index in [4.69, 9.17) is 4.98 Å². The van der Waals surface area contributed by atoms with Crippen LogP contribution in [0.4, 0.5) is 0 Å². The van der Waals surface area contributed by atoms with E-state index < -0.39 is 0 Å². The van der Waals surface area contributed by atoms with Crippen LogP contribution in [-0.4, -0.2) is 9.97 Å². The summed E-state index contributed by atoms with van der Waals surface area (Å²) in [6, 6.07) is 53.0. The van der Waals surface area contributed by atoms with Crippen LogP contribution >= 0.6 is 11.3 Å². The van der Waals surface area contributed by atoms with E-state index in [1.54, 1.807) is 0 Å². The van der Waals surface area contributed by atoms with Crippen LogP contribution in [0.2, 0.25) is 0 Å². The zero-order valence-corrected chi connectivity index (χ0v) is 31.2. The van der Waals surface area contributed by atoms with Gasteiger partial charge in [-0.05, 0) is 68.3 Å². The van der Waals surface area contributed by atoms with Gasteiger partial charge in [-0.1, -0.05) is 117 Å². The van der Waals surface area contributed by atoms with Crippen LogP contribution in [0.25, 0.3) is 53.8 Å². The molecule has 3 aromatic heterocycles. The Morgan fingerprint density at radius 2 is 1.37 bits per heavy atom. The van der Waals surface area contributed by atoms with E-state index in [1.165, 1.54) is 53.6 Å². The van der Waals surface area contributed by atoms with E-state index >= 15 is 0 Å². The van der Waals surface area contributed by atoms with E-state index in [2.05, 4.69) is 148 Å². The molecule has 3 heterocycles. The molecule has 0 amide bonds. The van der Waals surface area contributed by atoms with Crippen molar-refractivity contribution in [2.24, 2.45) is 0 Å². The van der Waals surface area contributed by atoms with Gasteiger partial charge in [0.05, 0.1) is 0 Å². The fourth-order valence-corrected chi connectivity index (χ4v) is 7.54.